The van der Waals surface area contributed by atoms with Crippen LogP contribution in [-0.4, -0.2) is 14.1 Å². The minimum atomic E-state index is -0.381. The van der Waals surface area contributed by atoms with E-state index >= 15 is 0 Å². The normalized spacial score (nSPS) is 9.06. The molecule has 0 fully saturated rings. The van der Waals surface area contributed by atoms with Gasteiger partial charge in [-0.25, -0.2) is 4.39 Å². The van der Waals surface area contributed by atoms with Gasteiger partial charge in [0.15, 0.2) is 0 Å². The maximum absolute atomic E-state index is 13.3. The van der Waals surface area contributed by atoms with Crippen LogP contribution in [0.2, 0.25) is 0 Å². The summed E-state index contributed by atoms with van der Waals surface area (Å²) in [6.07, 6.45) is 1.43. The lowest BCUT2D eigenvalue weighted by Gasteiger charge is -2.17. The maximum atomic E-state index is 13.3. The maximum Gasteiger partial charge on any atom is 0.130 e. The smallest absolute Gasteiger partial charge is 0.130 e. The highest BCUT2D eigenvalue weighted by atomic mass is 79.9. The lowest BCUT2D eigenvalue weighted by molar-refractivity contribution is 0.626. The van der Waals surface area contributed by atoms with Crippen molar-refractivity contribution in [2.75, 3.05) is 19.0 Å². The van der Waals surface area contributed by atoms with E-state index < -0.39 is 0 Å². The molecule has 0 aliphatic carbocycles. The van der Waals surface area contributed by atoms with Gasteiger partial charge in [0.2, 0.25) is 0 Å². The Morgan fingerprint density at radius 1 is 1.35 bits per heavy atom. The summed E-state index contributed by atoms with van der Waals surface area (Å²) in [5, 5.41) is 17.4. The van der Waals surface area contributed by atoms with Crippen molar-refractivity contribution >= 4 is 27.7 Å². The van der Waals surface area contributed by atoms with Gasteiger partial charge in [0.05, 0.1) is 0 Å². The first-order valence-electron chi connectivity index (χ1n) is 4.68. The number of nitrogens with zero attached hydrogens (tertiary/aromatic N) is 3. The topological polar surface area (TPSA) is 50.8 Å². The molecule has 0 aliphatic rings. The Bertz CT molecular complexity index is 534. The van der Waals surface area contributed by atoms with Gasteiger partial charge in [-0.2, -0.15) is 10.5 Å². The molecule has 86 valence electrons. The van der Waals surface area contributed by atoms with E-state index in [1.807, 2.05) is 0 Å². The van der Waals surface area contributed by atoms with Crippen LogP contribution in [0, 0.1) is 28.5 Å². The van der Waals surface area contributed by atoms with Gasteiger partial charge in [0, 0.05) is 29.8 Å². The molecule has 1 aromatic carbocycles. The summed E-state index contributed by atoms with van der Waals surface area (Å²) in [5.41, 5.74) is 1.18. The van der Waals surface area contributed by atoms with Crippen LogP contribution in [0.5, 0.6) is 0 Å². The molecule has 0 atom stereocenters. The van der Waals surface area contributed by atoms with Gasteiger partial charge in [-0.3, -0.25) is 0 Å². The summed E-state index contributed by atoms with van der Waals surface area (Å²) in [4.78, 5) is 1.71. The fraction of sp³-hybridized carbons (Fsp3) is 0.167. The van der Waals surface area contributed by atoms with Gasteiger partial charge in [-0.05, 0) is 34.1 Å². The molecule has 17 heavy (non-hydrogen) atoms. The molecule has 0 aliphatic heterocycles. The zero-order chi connectivity index (χ0) is 13.0. The second-order valence-electron chi connectivity index (χ2n) is 3.50. The first kappa shape index (κ1) is 13.2. The molecule has 0 saturated heterocycles. The molecule has 3 nitrogen and oxygen atoms in total. The van der Waals surface area contributed by atoms with E-state index in [1.165, 1.54) is 18.2 Å². The molecule has 1 aromatic rings. The predicted molar refractivity (Wildman–Crippen MR) is 67.6 cm³/mol. The highest BCUT2D eigenvalue weighted by molar-refractivity contribution is 9.10. The minimum absolute atomic E-state index is 0.0274. The third kappa shape index (κ3) is 3.05. The molecule has 5 heteroatoms. The Kier molecular flexibility index (Phi) is 4.25. The lowest BCUT2D eigenvalue weighted by atomic mass is 10.1. The summed E-state index contributed by atoms with van der Waals surface area (Å²) in [7, 11) is 3.52. The monoisotopic (exact) mass is 293 g/mol. The third-order valence-corrected chi connectivity index (χ3v) is 2.74. The van der Waals surface area contributed by atoms with Crippen molar-refractivity contribution < 1.29 is 4.39 Å². The molecule has 0 N–H and O–H groups in total. The molecular weight excluding hydrogens is 285 g/mol. The van der Waals surface area contributed by atoms with Gasteiger partial charge in [0.25, 0.3) is 0 Å². The van der Waals surface area contributed by atoms with Gasteiger partial charge in [-0.15, -0.1) is 0 Å². The van der Waals surface area contributed by atoms with E-state index in [-0.39, 0.29) is 11.4 Å². The summed E-state index contributed by atoms with van der Waals surface area (Å²) < 4.78 is 13.8. The number of halogens is 2. The quantitative estimate of drug-likeness (QED) is 0.788. The van der Waals surface area contributed by atoms with E-state index in [9.17, 15) is 4.39 Å². The van der Waals surface area contributed by atoms with Crippen molar-refractivity contribution in [2.24, 2.45) is 0 Å². The number of benzene rings is 1. The van der Waals surface area contributed by atoms with Crippen molar-refractivity contribution in [3.8, 4) is 12.1 Å². The van der Waals surface area contributed by atoms with E-state index in [1.54, 1.807) is 31.1 Å². The van der Waals surface area contributed by atoms with Crippen molar-refractivity contribution in [1.29, 1.82) is 10.5 Å². The highest BCUT2D eigenvalue weighted by Crippen LogP contribution is 2.30. The van der Waals surface area contributed by atoms with Crippen molar-refractivity contribution in [3.05, 3.63) is 33.6 Å². The summed E-state index contributed by atoms with van der Waals surface area (Å²) >= 11 is 3.22. The molecule has 0 spiro atoms. The van der Waals surface area contributed by atoms with E-state index in [4.69, 9.17) is 10.5 Å². The zero-order valence-corrected chi connectivity index (χ0v) is 10.9. The zero-order valence-electron chi connectivity index (χ0n) is 9.33. The van der Waals surface area contributed by atoms with Crippen molar-refractivity contribution in [1.82, 2.24) is 0 Å². The second kappa shape index (κ2) is 5.47. The molecule has 0 aromatic heterocycles. The van der Waals surface area contributed by atoms with Crippen molar-refractivity contribution in [3.63, 3.8) is 0 Å². The Morgan fingerprint density at radius 3 is 2.41 bits per heavy atom. The molecule has 0 unspecified atom stereocenters. The number of allylic oxidation sites excluding steroid dienone is 1. The van der Waals surface area contributed by atoms with Crippen LogP contribution in [0.15, 0.2) is 22.2 Å². The Hall–Kier alpha value is -1.85. The van der Waals surface area contributed by atoms with Crippen LogP contribution in [-0.2, 0) is 0 Å². The van der Waals surface area contributed by atoms with Gasteiger partial charge < -0.3 is 4.90 Å². The van der Waals surface area contributed by atoms with Gasteiger partial charge >= 0.3 is 0 Å². The number of hydrogen-bond donors (Lipinski definition) is 0. The Morgan fingerprint density at radius 2 is 1.94 bits per heavy atom. The SMILES string of the molecule is CN(C)c1cc(F)cc(Br)c1C=C(C#N)C#N. The summed E-state index contributed by atoms with van der Waals surface area (Å²) in [5.74, 6) is -0.381. The highest BCUT2D eigenvalue weighted by Gasteiger charge is 2.10. The number of rotatable bonds is 2. The van der Waals surface area contributed by atoms with Crippen LogP contribution in [0.1, 0.15) is 5.56 Å². The average Bonchev–Trinajstić information content (AvgIpc) is 2.27. The van der Waals surface area contributed by atoms with E-state index in [0.717, 1.165) is 0 Å². The summed E-state index contributed by atoms with van der Waals surface area (Å²) in [6, 6.07) is 6.20. The molecular formula is C12H9BrFN3. The van der Waals surface area contributed by atoms with Crippen molar-refractivity contribution in [2.45, 2.75) is 0 Å². The van der Waals surface area contributed by atoms with Crippen LogP contribution in [0.3, 0.4) is 0 Å². The van der Waals surface area contributed by atoms with Crippen LogP contribution in [0.4, 0.5) is 10.1 Å². The van der Waals surface area contributed by atoms with Crippen LogP contribution in [0.25, 0.3) is 6.08 Å². The first-order valence-corrected chi connectivity index (χ1v) is 5.47. The van der Waals surface area contributed by atoms with Gasteiger partial charge in [-0.1, -0.05) is 0 Å². The third-order valence-electron chi connectivity index (χ3n) is 2.08. The molecule has 0 radical (unpaired) electrons. The molecule has 1 rings (SSSR count). The van der Waals surface area contributed by atoms with E-state index in [0.29, 0.717) is 15.7 Å². The Balaban J connectivity index is 3.49. The molecule has 0 bridgehead atoms. The number of anilines is 1. The fourth-order valence-corrected chi connectivity index (χ4v) is 1.85. The summed E-state index contributed by atoms with van der Waals surface area (Å²) in [6.45, 7) is 0. The molecule has 0 heterocycles. The Labute approximate surface area is 108 Å². The standard InChI is InChI=1S/C12H9BrFN3/c1-17(2)12-5-9(14)4-11(13)10(12)3-8(6-15)7-16/h3-5H,1-2H3. The predicted octanol–water partition coefficient (Wildman–Crippen LogP) is 3.08. The minimum Gasteiger partial charge on any atom is -0.377 e. The fourth-order valence-electron chi connectivity index (χ4n) is 1.32. The first-order chi connectivity index (χ1) is 7.99. The van der Waals surface area contributed by atoms with Crippen LogP contribution >= 0.6 is 15.9 Å². The largest absolute Gasteiger partial charge is 0.377 e. The van der Waals surface area contributed by atoms with Gasteiger partial charge in [0.1, 0.15) is 23.5 Å². The lowest BCUT2D eigenvalue weighted by Crippen LogP contribution is -2.11. The van der Waals surface area contributed by atoms with Crippen LogP contribution < -0.4 is 4.90 Å². The second-order valence-corrected chi connectivity index (χ2v) is 4.35. The molecule has 0 saturated carbocycles. The average molecular weight is 294 g/mol. The van der Waals surface area contributed by atoms with E-state index in [2.05, 4.69) is 15.9 Å². The molecule has 0 amide bonds. The number of hydrogen-bond acceptors (Lipinski definition) is 3. The number of nitriles is 2.